The van der Waals surface area contributed by atoms with Crippen molar-refractivity contribution < 1.29 is 9.42 Å². The Balaban J connectivity index is 1.57. The van der Waals surface area contributed by atoms with Gasteiger partial charge in [-0.15, -0.1) is 0 Å². The topological polar surface area (TPSA) is 97.0 Å². The highest BCUT2D eigenvalue weighted by molar-refractivity contribution is 6.07. The summed E-state index contributed by atoms with van der Waals surface area (Å²) in [5, 5.41) is 10.9. The zero-order valence-corrected chi connectivity index (χ0v) is 16.1. The number of fused-ring (bicyclic) bond motifs is 1. The summed E-state index contributed by atoms with van der Waals surface area (Å²) >= 11 is 0. The molecule has 2 aromatic heterocycles. The highest BCUT2D eigenvalue weighted by atomic mass is 16.6. The van der Waals surface area contributed by atoms with E-state index in [2.05, 4.69) is 25.6 Å². The fourth-order valence-corrected chi connectivity index (χ4v) is 3.07. The summed E-state index contributed by atoms with van der Waals surface area (Å²) in [6.45, 7) is 4.39. The second-order valence-electron chi connectivity index (χ2n) is 6.53. The molecule has 0 radical (unpaired) electrons. The van der Waals surface area contributed by atoms with Crippen LogP contribution in [0.25, 0.3) is 11.0 Å². The van der Waals surface area contributed by atoms with Gasteiger partial charge in [0.15, 0.2) is 0 Å². The number of anilines is 2. The molecular formula is C21H20N6O2. The van der Waals surface area contributed by atoms with E-state index in [0.717, 1.165) is 5.56 Å². The van der Waals surface area contributed by atoms with Crippen molar-refractivity contribution in [2.45, 2.75) is 19.9 Å². The Bertz CT molecular complexity index is 1130. The summed E-state index contributed by atoms with van der Waals surface area (Å²) in [6, 6.07) is 16.9. The molecule has 0 aliphatic carbocycles. The summed E-state index contributed by atoms with van der Waals surface area (Å²) in [7, 11) is 0. The number of carbonyl (C=O) groups excluding carboxylic acids is 1. The van der Waals surface area contributed by atoms with Crippen LogP contribution in [0.2, 0.25) is 0 Å². The van der Waals surface area contributed by atoms with Crippen molar-refractivity contribution in [1.29, 1.82) is 0 Å². The molecule has 0 spiro atoms. The van der Waals surface area contributed by atoms with Crippen molar-refractivity contribution in [2.75, 3.05) is 16.8 Å². The lowest BCUT2D eigenvalue weighted by Gasteiger charge is -2.21. The van der Waals surface area contributed by atoms with Crippen LogP contribution in [0.5, 0.6) is 0 Å². The lowest BCUT2D eigenvalue weighted by atomic mass is 10.1. The number of rotatable bonds is 6. The van der Waals surface area contributed by atoms with Crippen LogP contribution in [0, 0.1) is 0 Å². The number of nitrogens with zero attached hydrogens (tertiary/aromatic N) is 5. The van der Waals surface area contributed by atoms with Gasteiger partial charge in [-0.05, 0) is 54.0 Å². The SMILES string of the molecule is CCN(C(=O)c1ccc2nonc2c1)c1ccnc(N[C@H](C)c2ccccc2)n1. The van der Waals surface area contributed by atoms with Crippen LogP contribution in [0.4, 0.5) is 11.8 Å². The number of aromatic nitrogens is 4. The van der Waals surface area contributed by atoms with E-state index in [1.54, 1.807) is 35.4 Å². The largest absolute Gasteiger partial charge is 0.348 e. The smallest absolute Gasteiger partial charge is 0.259 e. The first-order chi connectivity index (χ1) is 14.2. The Hall–Kier alpha value is -3.81. The maximum Gasteiger partial charge on any atom is 0.259 e. The Morgan fingerprint density at radius 3 is 2.69 bits per heavy atom. The van der Waals surface area contributed by atoms with Crippen LogP contribution in [0.15, 0.2) is 65.4 Å². The van der Waals surface area contributed by atoms with E-state index in [1.807, 2.05) is 44.2 Å². The molecule has 0 fully saturated rings. The molecule has 0 unspecified atom stereocenters. The molecule has 0 aliphatic heterocycles. The van der Waals surface area contributed by atoms with Crippen molar-refractivity contribution >= 4 is 28.7 Å². The first kappa shape index (κ1) is 18.5. The van der Waals surface area contributed by atoms with Crippen LogP contribution in [-0.4, -0.2) is 32.7 Å². The van der Waals surface area contributed by atoms with Crippen LogP contribution in [0.1, 0.15) is 35.8 Å². The molecule has 8 nitrogen and oxygen atoms in total. The first-order valence-electron chi connectivity index (χ1n) is 9.34. The minimum atomic E-state index is -0.182. The van der Waals surface area contributed by atoms with Crippen molar-refractivity contribution in [3.63, 3.8) is 0 Å². The number of carbonyl (C=O) groups is 1. The maximum absolute atomic E-state index is 13.1. The molecule has 0 saturated heterocycles. The number of benzene rings is 2. The fraction of sp³-hybridized carbons (Fsp3) is 0.190. The van der Waals surface area contributed by atoms with Crippen molar-refractivity contribution in [2.24, 2.45) is 0 Å². The van der Waals surface area contributed by atoms with Crippen LogP contribution in [-0.2, 0) is 0 Å². The number of hydrogen-bond donors (Lipinski definition) is 1. The molecule has 29 heavy (non-hydrogen) atoms. The molecule has 1 N–H and O–H groups in total. The summed E-state index contributed by atoms with van der Waals surface area (Å²) in [5.74, 6) is 0.799. The Labute approximate surface area is 167 Å². The standard InChI is InChI=1S/C21H20N6O2/c1-3-27(20(28)16-9-10-17-18(13-16)26-29-25-17)19-11-12-22-21(24-19)23-14(2)15-7-5-4-6-8-15/h4-14H,3H2,1-2H3,(H,22,23,24)/t14-/m1/s1. The van der Waals surface area contributed by atoms with E-state index < -0.39 is 0 Å². The number of hydrogen-bond acceptors (Lipinski definition) is 7. The van der Waals surface area contributed by atoms with E-state index in [9.17, 15) is 4.79 Å². The number of amides is 1. The van der Waals surface area contributed by atoms with Gasteiger partial charge < -0.3 is 5.32 Å². The second-order valence-corrected chi connectivity index (χ2v) is 6.53. The fourth-order valence-electron chi connectivity index (χ4n) is 3.07. The van der Waals surface area contributed by atoms with Gasteiger partial charge in [0.05, 0.1) is 6.04 Å². The van der Waals surface area contributed by atoms with E-state index in [-0.39, 0.29) is 11.9 Å². The molecule has 0 bridgehead atoms. The first-order valence-corrected chi connectivity index (χ1v) is 9.34. The van der Waals surface area contributed by atoms with Gasteiger partial charge >= 0.3 is 0 Å². The van der Waals surface area contributed by atoms with Crippen LogP contribution < -0.4 is 10.2 Å². The van der Waals surface area contributed by atoms with Gasteiger partial charge in [0.2, 0.25) is 5.95 Å². The van der Waals surface area contributed by atoms with Crippen molar-refractivity contribution in [3.8, 4) is 0 Å². The van der Waals surface area contributed by atoms with Gasteiger partial charge in [-0.25, -0.2) is 9.61 Å². The van der Waals surface area contributed by atoms with Crippen molar-refractivity contribution in [3.05, 3.63) is 71.9 Å². The monoisotopic (exact) mass is 388 g/mol. The normalized spacial score (nSPS) is 11.9. The predicted molar refractivity (Wildman–Crippen MR) is 110 cm³/mol. The van der Waals surface area contributed by atoms with Gasteiger partial charge in [-0.1, -0.05) is 30.3 Å². The quantitative estimate of drug-likeness (QED) is 0.536. The third-order valence-corrected chi connectivity index (χ3v) is 4.62. The highest BCUT2D eigenvalue weighted by Crippen LogP contribution is 2.21. The van der Waals surface area contributed by atoms with Crippen LogP contribution in [0.3, 0.4) is 0 Å². The lowest BCUT2D eigenvalue weighted by Crippen LogP contribution is -2.31. The molecule has 146 valence electrons. The van der Waals surface area contributed by atoms with Gasteiger partial charge in [-0.2, -0.15) is 4.98 Å². The van der Waals surface area contributed by atoms with E-state index in [1.165, 1.54) is 0 Å². The Kier molecular flexibility index (Phi) is 5.15. The maximum atomic E-state index is 13.1. The minimum Gasteiger partial charge on any atom is -0.348 e. The van der Waals surface area contributed by atoms with Crippen LogP contribution >= 0.6 is 0 Å². The summed E-state index contributed by atoms with van der Waals surface area (Å²) in [5.41, 5.74) is 2.75. The molecule has 2 aromatic carbocycles. The highest BCUT2D eigenvalue weighted by Gasteiger charge is 2.19. The molecule has 0 saturated carbocycles. The third-order valence-electron chi connectivity index (χ3n) is 4.62. The zero-order chi connectivity index (χ0) is 20.2. The molecule has 1 atom stereocenters. The van der Waals surface area contributed by atoms with E-state index in [4.69, 9.17) is 4.63 Å². The second kappa shape index (κ2) is 8.05. The summed E-state index contributed by atoms with van der Waals surface area (Å²) in [4.78, 5) is 23.5. The molecule has 8 heteroatoms. The lowest BCUT2D eigenvalue weighted by molar-refractivity contribution is 0.0987. The van der Waals surface area contributed by atoms with Gasteiger partial charge in [-0.3, -0.25) is 9.69 Å². The Morgan fingerprint density at radius 1 is 1.10 bits per heavy atom. The minimum absolute atomic E-state index is 0.0271. The van der Waals surface area contributed by atoms with Gasteiger partial charge in [0.1, 0.15) is 16.9 Å². The molecular weight excluding hydrogens is 368 g/mol. The average molecular weight is 388 g/mol. The van der Waals surface area contributed by atoms with E-state index in [0.29, 0.717) is 34.9 Å². The predicted octanol–water partition coefficient (Wildman–Crippen LogP) is 3.85. The van der Waals surface area contributed by atoms with Gasteiger partial charge in [0.25, 0.3) is 5.91 Å². The molecule has 2 heterocycles. The molecule has 4 aromatic rings. The number of nitrogens with one attached hydrogen (secondary N) is 1. The summed E-state index contributed by atoms with van der Waals surface area (Å²) < 4.78 is 4.71. The molecule has 4 rings (SSSR count). The molecule has 0 aliphatic rings. The third kappa shape index (κ3) is 3.91. The molecule has 1 amide bonds. The summed E-state index contributed by atoms with van der Waals surface area (Å²) in [6.07, 6.45) is 1.64. The average Bonchev–Trinajstić information content (AvgIpc) is 3.23. The van der Waals surface area contributed by atoms with Crippen molar-refractivity contribution in [1.82, 2.24) is 20.3 Å². The van der Waals surface area contributed by atoms with Gasteiger partial charge in [0, 0.05) is 18.3 Å². The Morgan fingerprint density at radius 2 is 1.90 bits per heavy atom. The van der Waals surface area contributed by atoms with E-state index >= 15 is 0 Å². The zero-order valence-electron chi connectivity index (χ0n) is 16.1.